The molecule has 8 nitrogen and oxygen atoms in total. The summed E-state index contributed by atoms with van der Waals surface area (Å²) in [6.45, 7) is 16.4. The van der Waals surface area contributed by atoms with E-state index in [-0.39, 0.29) is 28.7 Å². The van der Waals surface area contributed by atoms with Gasteiger partial charge in [0.25, 0.3) is 0 Å². The monoisotopic (exact) mass is 679 g/mol. The minimum Gasteiger partial charge on any atom is -0.657 e. The van der Waals surface area contributed by atoms with Gasteiger partial charge in [-0.3, -0.25) is 9.59 Å². The van der Waals surface area contributed by atoms with Gasteiger partial charge in [0, 0.05) is 13.8 Å². The van der Waals surface area contributed by atoms with Crippen LogP contribution in [-0.4, -0.2) is 35.1 Å². The summed E-state index contributed by atoms with van der Waals surface area (Å²) in [4.78, 5) is 43.4. The summed E-state index contributed by atoms with van der Waals surface area (Å²) >= 11 is 0. The molecule has 249 valence electrons. The fraction of sp³-hybridized carbons (Fsp3) is 0.421. The van der Waals surface area contributed by atoms with Crippen molar-refractivity contribution in [3.05, 3.63) is 69.3 Å². The van der Waals surface area contributed by atoms with E-state index in [9.17, 15) is 9.59 Å². The zero-order valence-electron chi connectivity index (χ0n) is 28.7. The summed E-state index contributed by atoms with van der Waals surface area (Å²) in [5.41, 5.74) is 16.3. The van der Waals surface area contributed by atoms with E-state index in [1.807, 2.05) is 0 Å². The van der Waals surface area contributed by atoms with Crippen LogP contribution in [0.5, 0.6) is 0 Å². The van der Waals surface area contributed by atoms with Gasteiger partial charge in [0.1, 0.15) is 0 Å². The second kappa shape index (κ2) is 15.3. The van der Waals surface area contributed by atoms with Crippen LogP contribution in [0.4, 0.5) is 0 Å². The molecule has 47 heavy (non-hydrogen) atoms. The van der Waals surface area contributed by atoms with Crippen LogP contribution in [0.15, 0.2) is 24.3 Å². The molecule has 0 saturated carbocycles. The third kappa shape index (κ3) is 7.62. The Morgan fingerprint density at radius 2 is 1.06 bits per heavy atom. The van der Waals surface area contributed by atoms with Gasteiger partial charge in [-0.1, -0.05) is 60.4 Å². The first-order valence-corrected chi connectivity index (χ1v) is 16.3. The zero-order valence-corrected chi connectivity index (χ0v) is 29.8. The van der Waals surface area contributed by atoms with E-state index in [1.54, 1.807) is 0 Å². The molecule has 0 unspecified atom stereocenters. The largest absolute Gasteiger partial charge is 2.00 e. The molecule has 3 aromatic rings. The number of allylic oxidation sites excluding steroid dienone is 4. The summed E-state index contributed by atoms with van der Waals surface area (Å²) < 4.78 is 10.5. The van der Waals surface area contributed by atoms with Crippen molar-refractivity contribution in [2.75, 3.05) is 13.2 Å². The number of nitrogens with zero attached hydrogens (tertiary/aromatic N) is 4. The van der Waals surface area contributed by atoms with E-state index in [4.69, 9.17) is 29.4 Å². The second-order valence-corrected chi connectivity index (χ2v) is 12.1. The number of ether oxygens (including phenoxy) is 2. The zero-order chi connectivity index (χ0) is 33.1. The molecule has 5 rings (SSSR count). The van der Waals surface area contributed by atoms with Gasteiger partial charge in [0.05, 0.1) is 36.0 Å². The molecule has 0 N–H and O–H groups in total. The van der Waals surface area contributed by atoms with Crippen LogP contribution in [0.25, 0.3) is 44.4 Å². The number of carbonyl (C=O) groups excluding carboxylic acids is 2. The smallest absolute Gasteiger partial charge is 0.657 e. The molecule has 0 saturated heterocycles. The molecule has 0 fully saturated rings. The van der Waals surface area contributed by atoms with Crippen molar-refractivity contribution in [2.24, 2.45) is 0 Å². The molecule has 0 spiro atoms. The van der Waals surface area contributed by atoms with Crippen LogP contribution in [0.1, 0.15) is 112 Å². The van der Waals surface area contributed by atoms with Crippen LogP contribution >= 0.6 is 0 Å². The fourth-order valence-corrected chi connectivity index (χ4v) is 6.52. The minimum atomic E-state index is -0.279. The average Bonchev–Trinajstić information content (AvgIpc) is 3.66. The van der Waals surface area contributed by atoms with Crippen molar-refractivity contribution in [3.63, 3.8) is 0 Å². The maximum absolute atomic E-state index is 11.4. The van der Waals surface area contributed by atoms with Gasteiger partial charge < -0.3 is 19.4 Å². The van der Waals surface area contributed by atoms with Crippen molar-refractivity contribution in [3.8, 4) is 0 Å². The summed E-state index contributed by atoms with van der Waals surface area (Å²) in [5.74, 6) is -0.557. The summed E-state index contributed by atoms with van der Waals surface area (Å²) in [5, 5.41) is 0. The topological polar surface area (TPSA) is 107 Å². The number of aryl methyl sites for hydroxylation is 4. The van der Waals surface area contributed by atoms with E-state index in [0.29, 0.717) is 38.9 Å². The number of esters is 2. The maximum Gasteiger partial charge on any atom is 2.00 e. The Morgan fingerprint density at radius 3 is 1.62 bits per heavy atom. The molecule has 2 aliphatic heterocycles. The molecule has 3 aromatic heterocycles. The predicted molar refractivity (Wildman–Crippen MR) is 184 cm³/mol. The quantitative estimate of drug-likeness (QED) is 0.158. The van der Waals surface area contributed by atoms with Crippen LogP contribution in [0.3, 0.4) is 0 Å². The van der Waals surface area contributed by atoms with Crippen LogP contribution in [0, 0.1) is 13.8 Å². The van der Waals surface area contributed by atoms with E-state index < -0.39 is 0 Å². The molecule has 0 amide bonds. The number of fused-ring (bicyclic) bond motifs is 8. The summed E-state index contributed by atoms with van der Waals surface area (Å²) in [7, 11) is 0. The second-order valence-electron chi connectivity index (χ2n) is 12.1. The third-order valence-corrected chi connectivity index (χ3v) is 9.10. The predicted octanol–water partition coefficient (Wildman–Crippen LogP) is 7.86. The molecule has 9 heteroatoms. The van der Waals surface area contributed by atoms with Gasteiger partial charge in [-0.2, -0.15) is 0 Å². The number of rotatable bonds is 10. The molecule has 0 atom stereocenters. The van der Waals surface area contributed by atoms with Crippen LogP contribution in [-0.2, 0) is 48.7 Å². The van der Waals surface area contributed by atoms with Gasteiger partial charge in [-0.25, -0.2) is 9.97 Å². The van der Waals surface area contributed by atoms with Gasteiger partial charge in [0.15, 0.2) is 0 Å². The van der Waals surface area contributed by atoms with E-state index >= 15 is 0 Å². The fourth-order valence-electron chi connectivity index (χ4n) is 6.52. The Labute approximate surface area is 287 Å². The van der Waals surface area contributed by atoms with Gasteiger partial charge >= 0.3 is 28.7 Å². The Morgan fingerprint density at radius 1 is 0.617 bits per heavy atom. The maximum atomic E-state index is 11.4. The molecular weight excluding hydrogens is 635 g/mol. The number of hydrogen-bond acceptors (Lipinski definition) is 6. The first kappa shape index (κ1) is 35.9. The van der Waals surface area contributed by atoms with Crippen molar-refractivity contribution in [1.29, 1.82) is 0 Å². The van der Waals surface area contributed by atoms with Crippen LogP contribution < -0.4 is 9.97 Å². The Hall–Kier alpha value is -3.95. The van der Waals surface area contributed by atoms with E-state index in [0.717, 1.165) is 85.5 Å². The Balaban J connectivity index is 0.00000500. The minimum absolute atomic E-state index is 0. The number of hydrogen-bond donors (Lipinski definition) is 0. The summed E-state index contributed by atoms with van der Waals surface area (Å²) in [6.07, 6.45) is 4.51. The number of carbonyl (C=O) groups is 2. The first-order valence-electron chi connectivity index (χ1n) is 16.3. The van der Waals surface area contributed by atoms with Crippen molar-refractivity contribution in [1.82, 2.24) is 19.9 Å². The Bertz CT molecular complexity index is 1930. The molecule has 0 aliphatic carbocycles. The van der Waals surface area contributed by atoms with Gasteiger partial charge in [-0.05, 0) is 88.5 Å². The van der Waals surface area contributed by atoms with E-state index in [1.165, 1.54) is 30.6 Å². The molecule has 5 heterocycles. The standard InChI is InChI=1S/C38H44N4O4.Co/c1-9-27-21(3)31-17-32-23(5)29(13-11-15-45-25(7)43)37(41-32)20-38-30(14-12-16-46-26(8)44)24(6)34(42-38)19-36-28(10-2)22(4)33(40-36)18-35(27)39-31;/h17-20H,9-16H2,1-8H3;/q-2;+2. The van der Waals surface area contributed by atoms with Gasteiger partial charge in [0.2, 0.25) is 0 Å². The first-order chi connectivity index (χ1) is 22.0. The van der Waals surface area contributed by atoms with Crippen molar-refractivity contribution in [2.45, 2.75) is 93.9 Å². The summed E-state index contributed by atoms with van der Waals surface area (Å²) in [6, 6.07) is 8.41. The third-order valence-electron chi connectivity index (χ3n) is 9.10. The number of aromatic nitrogens is 4. The Kier molecular flexibility index (Phi) is 11.7. The van der Waals surface area contributed by atoms with E-state index in [2.05, 4.69) is 65.8 Å². The van der Waals surface area contributed by atoms with Gasteiger partial charge in [-0.15, -0.1) is 22.1 Å². The van der Waals surface area contributed by atoms with Crippen molar-refractivity contribution < 1.29 is 35.8 Å². The molecule has 1 radical (unpaired) electrons. The van der Waals surface area contributed by atoms with Crippen molar-refractivity contribution >= 4 is 56.3 Å². The molecule has 0 aromatic carbocycles. The molecule has 8 bridgehead atoms. The normalized spacial score (nSPS) is 12.8. The average molecular weight is 680 g/mol. The molecular formula is C38H44CoN4O4. The van der Waals surface area contributed by atoms with Crippen LogP contribution in [0.2, 0.25) is 0 Å². The molecule has 2 aliphatic rings. The SMILES string of the molecule is CCC1=C(C)c2cc3[n-]c(cc4nc(cc5[n-]c(cc1n2)c(C)c5CCCOC(C)=O)C(CCCOC(C)=O)=C4C)c(C)c3CC.[Co+2].